The third kappa shape index (κ3) is 1.16. The minimum atomic E-state index is -0.370. The van der Waals surface area contributed by atoms with Crippen LogP contribution in [0.4, 0.5) is 0 Å². The van der Waals surface area contributed by atoms with Gasteiger partial charge in [0.2, 0.25) is 0 Å². The van der Waals surface area contributed by atoms with E-state index in [0.29, 0.717) is 42.2 Å². The molecule has 7 atom stereocenters. The lowest BCUT2D eigenvalue weighted by Crippen LogP contribution is -2.57. The van der Waals surface area contributed by atoms with Crippen molar-refractivity contribution in [2.24, 2.45) is 39.9 Å². The van der Waals surface area contributed by atoms with Crippen molar-refractivity contribution in [3.05, 3.63) is 0 Å². The summed E-state index contributed by atoms with van der Waals surface area (Å²) >= 11 is 0. The summed E-state index contributed by atoms with van der Waals surface area (Å²) in [5, 5.41) is 0. The van der Waals surface area contributed by atoms with Crippen LogP contribution in [0.5, 0.6) is 0 Å². The number of Topliss-reactive ketones (excluding diaryl/α,β-unsaturated/α-hetero) is 2. The first-order valence-corrected chi connectivity index (χ1v) is 9.02. The van der Waals surface area contributed by atoms with E-state index in [4.69, 9.17) is 0 Å². The van der Waals surface area contributed by atoms with Gasteiger partial charge in [-0.3, -0.25) is 9.59 Å². The van der Waals surface area contributed by atoms with Crippen LogP contribution < -0.4 is 0 Å². The topological polar surface area (TPSA) is 51.2 Å². The summed E-state index contributed by atoms with van der Waals surface area (Å²) in [7, 11) is 0. The van der Waals surface area contributed by atoms with Crippen molar-refractivity contribution in [3.63, 3.8) is 0 Å². The number of carbonyl (C=O) groups excluding carboxylic acids is 3. The summed E-state index contributed by atoms with van der Waals surface area (Å²) < 4.78 is 0. The van der Waals surface area contributed by atoms with E-state index < -0.39 is 0 Å². The quantitative estimate of drug-likeness (QED) is 0.700. The predicted molar refractivity (Wildman–Crippen MR) is 79.9 cm³/mol. The Hall–Kier alpha value is -0.990. The van der Waals surface area contributed by atoms with Crippen molar-refractivity contribution in [3.8, 4) is 0 Å². The first-order chi connectivity index (χ1) is 10.5. The molecule has 0 N–H and O–H groups in total. The highest BCUT2D eigenvalue weighted by Gasteiger charge is 2.79. The lowest BCUT2D eigenvalue weighted by atomic mass is 9.46. The van der Waals surface area contributed by atoms with Gasteiger partial charge in [0.1, 0.15) is 17.9 Å². The molecule has 22 heavy (non-hydrogen) atoms. The molecule has 0 aromatic carbocycles. The molecule has 0 aliphatic heterocycles. The molecule has 0 heterocycles. The maximum atomic E-state index is 13.0. The van der Waals surface area contributed by atoms with E-state index in [1.165, 1.54) is 6.29 Å². The first-order valence-electron chi connectivity index (χ1n) is 9.02. The molecule has 118 valence electrons. The molecule has 0 radical (unpaired) electrons. The minimum Gasteiger partial charge on any atom is -0.303 e. The molecule has 1 spiro atoms. The molecule has 0 bridgehead atoms. The summed E-state index contributed by atoms with van der Waals surface area (Å²) in [5.41, 5.74) is -0.853. The van der Waals surface area contributed by atoms with Crippen LogP contribution in [0.2, 0.25) is 0 Å². The monoisotopic (exact) mass is 300 g/mol. The number of hydrogen-bond acceptors (Lipinski definition) is 3. The van der Waals surface area contributed by atoms with Gasteiger partial charge in [-0.05, 0) is 62.2 Å². The van der Waals surface area contributed by atoms with Crippen molar-refractivity contribution < 1.29 is 14.4 Å². The minimum absolute atomic E-state index is 0.211. The van der Waals surface area contributed by atoms with Crippen LogP contribution >= 0.6 is 0 Å². The third-order valence-corrected chi connectivity index (χ3v) is 8.78. The largest absolute Gasteiger partial charge is 0.303 e. The summed E-state index contributed by atoms with van der Waals surface area (Å²) in [6, 6.07) is 0. The van der Waals surface area contributed by atoms with Crippen molar-refractivity contribution >= 4 is 17.9 Å². The Kier molecular flexibility index (Phi) is 2.28. The highest BCUT2D eigenvalue weighted by molar-refractivity contribution is 5.95. The number of carbonyl (C=O) groups is 3. The van der Waals surface area contributed by atoms with Gasteiger partial charge < -0.3 is 4.79 Å². The zero-order valence-corrected chi connectivity index (χ0v) is 13.3. The Labute approximate surface area is 131 Å². The fraction of sp³-hybridized carbons (Fsp3) is 0.842. The average Bonchev–Trinajstić information content (AvgIpc) is 3.04. The second-order valence-corrected chi connectivity index (χ2v) is 8.99. The molecule has 0 unspecified atom stereocenters. The SMILES string of the molecule is C[C@]12CC[C@H]3[C@@H](CC(=O)[C@]45C[C@H]4CC[C@]35C=O)[C@@H]1CCC2=O. The highest BCUT2D eigenvalue weighted by Crippen LogP contribution is 2.79. The van der Waals surface area contributed by atoms with Crippen LogP contribution in [-0.4, -0.2) is 17.9 Å². The number of fused-ring (bicyclic) bond motifs is 4. The van der Waals surface area contributed by atoms with E-state index in [-0.39, 0.29) is 22.2 Å². The molecule has 0 aromatic heterocycles. The molecule has 0 amide bonds. The second-order valence-electron chi connectivity index (χ2n) is 8.99. The molecule has 0 aromatic rings. The van der Waals surface area contributed by atoms with Crippen molar-refractivity contribution in [1.29, 1.82) is 0 Å². The molecule has 3 heteroatoms. The average molecular weight is 300 g/mol. The maximum Gasteiger partial charge on any atom is 0.140 e. The van der Waals surface area contributed by atoms with Gasteiger partial charge in [0.05, 0.1) is 0 Å². The Morgan fingerprint density at radius 2 is 1.86 bits per heavy atom. The zero-order valence-electron chi connectivity index (χ0n) is 13.3. The Balaban J connectivity index is 1.61. The first kappa shape index (κ1) is 13.4. The van der Waals surface area contributed by atoms with Gasteiger partial charge >= 0.3 is 0 Å². The number of ketones is 2. The van der Waals surface area contributed by atoms with Crippen LogP contribution in [0.15, 0.2) is 0 Å². The summed E-state index contributed by atoms with van der Waals surface area (Å²) in [4.78, 5) is 37.6. The van der Waals surface area contributed by atoms with Gasteiger partial charge in [0, 0.05) is 29.1 Å². The van der Waals surface area contributed by atoms with E-state index in [1.807, 2.05) is 0 Å². The van der Waals surface area contributed by atoms with Crippen molar-refractivity contribution in [2.75, 3.05) is 0 Å². The van der Waals surface area contributed by atoms with Crippen LogP contribution in [0.1, 0.15) is 58.3 Å². The molecular formula is C19H24O3. The van der Waals surface area contributed by atoms with Gasteiger partial charge in [-0.1, -0.05) is 6.92 Å². The van der Waals surface area contributed by atoms with Gasteiger partial charge in [-0.2, -0.15) is 0 Å². The molecule has 3 nitrogen and oxygen atoms in total. The lowest BCUT2D eigenvalue weighted by Gasteiger charge is -2.55. The molecule has 5 aliphatic rings. The number of hydrogen-bond donors (Lipinski definition) is 0. The normalized spacial score (nSPS) is 58.6. The van der Waals surface area contributed by atoms with Crippen molar-refractivity contribution in [2.45, 2.75) is 58.3 Å². The maximum absolute atomic E-state index is 13.0. The standard InChI is InChI=1S/C19H24O3/c1-17-6-5-14-12(13(17)2-3-15(17)21)8-16(22)19-9-11(19)4-7-18(14,19)10-20/h10-14H,2-9H2,1H3/t11-,12+,13+,14+,17+,18+,19+/m1/s1. The molecule has 5 fully saturated rings. The second kappa shape index (κ2) is 3.73. The molecule has 5 aliphatic carbocycles. The molecule has 5 saturated carbocycles. The van der Waals surface area contributed by atoms with Crippen LogP contribution in [0.25, 0.3) is 0 Å². The van der Waals surface area contributed by atoms with E-state index >= 15 is 0 Å². The van der Waals surface area contributed by atoms with Gasteiger partial charge in [-0.15, -0.1) is 0 Å². The number of rotatable bonds is 1. The molecular weight excluding hydrogens is 276 g/mol. The van der Waals surface area contributed by atoms with Crippen LogP contribution in [0.3, 0.4) is 0 Å². The highest BCUT2D eigenvalue weighted by atomic mass is 16.1. The Morgan fingerprint density at radius 1 is 1.05 bits per heavy atom. The van der Waals surface area contributed by atoms with Crippen molar-refractivity contribution in [1.82, 2.24) is 0 Å². The van der Waals surface area contributed by atoms with Crippen LogP contribution in [0, 0.1) is 39.9 Å². The fourth-order valence-electron chi connectivity index (χ4n) is 7.63. The number of aldehydes is 1. The third-order valence-electron chi connectivity index (χ3n) is 8.78. The Morgan fingerprint density at radius 3 is 2.59 bits per heavy atom. The lowest BCUT2D eigenvalue weighted by molar-refractivity contribution is -0.159. The summed E-state index contributed by atoms with van der Waals surface area (Å²) in [6.45, 7) is 2.13. The predicted octanol–water partition coefficient (Wildman–Crippen LogP) is 2.96. The molecule has 5 rings (SSSR count). The van der Waals surface area contributed by atoms with E-state index in [0.717, 1.165) is 38.5 Å². The smallest absolute Gasteiger partial charge is 0.140 e. The van der Waals surface area contributed by atoms with Crippen LogP contribution in [-0.2, 0) is 14.4 Å². The fourth-order valence-corrected chi connectivity index (χ4v) is 7.63. The molecule has 0 saturated heterocycles. The van der Waals surface area contributed by atoms with Gasteiger partial charge in [0.15, 0.2) is 0 Å². The summed E-state index contributed by atoms with van der Waals surface area (Å²) in [5.74, 6) is 2.25. The Bertz CT molecular complexity index is 610. The van der Waals surface area contributed by atoms with E-state index in [1.54, 1.807) is 0 Å². The van der Waals surface area contributed by atoms with Gasteiger partial charge in [0.25, 0.3) is 0 Å². The summed E-state index contributed by atoms with van der Waals surface area (Å²) in [6.07, 6.45) is 8.31. The van der Waals surface area contributed by atoms with E-state index in [9.17, 15) is 14.4 Å². The zero-order chi connectivity index (χ0) is 15.3. The van der Waals surface area contributed by atoms with Gasteiger partial charge in [-0.25, -0.2) is 0 Å². The van der Waals surface area contributed by atoms with E-state index in [2.05, 4.69) is 6.92 Å².